The van der Waals surface area contributed by atoms with Gasteiger partial charge in [-0.3, -0.25) is 0 Å². The molecule has 2 nitrogen and oxygen atoms in total. The van der Waals surface area contributed by atoms with Gasteiger partial charge < -0.3 is 10.8 Å². The zero-order chi connectivity index (χ0) is 9.14. The fourth-order valence-corrected chi connectivity index (χ4v) is 1.47. The van der Waals surface area contributed by atoms with Crippen molar-refractivity contribution in [2.45, 2.75) is 19.4 Å². The SMILES string of the molecule is C[C@H](N)Cc1cc(Br)ccc1O. The van der Waals surface area contributed by atoms with Crippen molar-refractivity contribution in [1.82, 2.24) is 0 Å². The molecule has 0 bridgehead atoms. The van der Waals surface area contributed by atoms with Crippen LogP contribution in [0, 0.1) is 0 Å². The van der Waals surface area contributed by atoms with Crippen LogP contribution in [0.2, 0.25) is 0 Å². The highest BCUT2D eigenvalue weighted by Crippen LogP contribution is 2.22. The van der Waals surface area contributed by atoms with Crippen LogP contribution in [0.4, 0.5) is 0 Å². The fraction of sp³-hybridized carbons (Fsp3) is 0.333. The molecule has 0 amide bonds. The molecular formula is C9H12BrNO. The molecule has 3 heteroatoms. The van der Waals surface area contributed by atoms with Gasteiger partial charge >= 0.3 is 0 Å². The molecular weight excluding hydrogens is 218 g/mol. The van der Waals surface area contributed by atoms with E-state index in [2.05, 4.69) is 15.9 Å². The lowest BCUT2D eigenvalue weighted by Gasteiger charge is -2.07. The molecule has 0 aromatic heterocycles. The average molecular weight is 230 g/mol. The number of phenols is 1. The Morgan fingerprint density at radius 2 is 2.25 bits per heavy atom. The third-order valence-corrected chi connectivity index (χ3v) is 2.08. The third kappa shape index (κ3) is 2.50. The molecule has 0 aliphatic carbocycles. The number of hydrogen-bond donors (Lipinski definition) is 2. The second-order valence-corrected chi connectivity index (χ2v) is 3.87. The zero-order valence-electron chi connectivity index (χ0n) is 6.92. The Kier molecular flexibility index (Phi) is 3.12. The van der Waals surface area contributed by atoms with E-state index in [4.69, 9.17) is 5.73 Å². The van der Waals surface area contributed by atoms with Crippen LogP contribution in [-0.4, -0.2) is 11.1 Å². The predicted octanol–water partition coefficient (Wildman–Crippen LogP) is 2.04. The third-order valence-electron chi connectivity index (χ3n) is 1.58. The summed E-state index contributed by atoms with van der Waals surface area (Å²) in [6, 6.07) is 5.44. The second kappa shape index (κ2) is 3.92. The van der Waals surface area contributed by atoms with E-state index in [0.29, 0.717) is 12.2 Å². The summed E-state index contributed by atoms with van der Waals surface area (Å²) in [5, 5.41) is 9.41. The maximum absolute atomic E-state index is 9.41. The highest BCUT2D eigenvalue weighted by Gasteiger charge is 2.03. The van der Waals surface area contributed by atoms with Crippen LogP contribution < -0.4 is 5.73 Å². The molecule has 0 unspecified atom stereocenters. The van der Waals surface area contributed by atoms with Crippen LogP contribution in [0.25, 0.3) is 0 Å². The summed E-state index contributed by atoms with van der Waals surface area (Å²) in [6.45, 7) is 1.92. The Labute approximate surface area is 80.5 Å². The first-order valence-corrected chi connectivity index (χ1v) is 4.62. The van der Waals surface area contributed by atoms with Gasteiger partial charge in [0.15, 0.2) is 0 Å². The van der Waals surface area contributed by atoms with Gasteiger partial charge in [-0.25, -0.2) is 0 Å². The molecule has 1 atom stereocenters. The van der Waals surface area contributed by atoms with Crippen molar-refractivity contribution in [1.29, 1.82) is 0 Å². The van der Waals surface area contributed by atoms with Crippen LogP contribution in [0.1, 0.15) is 12.5 Å². The van der Waals surface area contributed by atoms with Gasteiger partial charge in [0, 0.05) is 10.5 Å². The summed E-state index contributed by atoms with van der Waals surface area (Å²) in [6.07, 6.45) is 0.700. The van der Waals surface area contributed by atoms with Crippen molar-refractivity contribution >= 4 is 15.9 Å². The molecule has 66 valence electrons. The summed E-state index contributed by atoms with van der Waals surface area (Å²) in [4.78, 5) is 0. The maximum Gasteiger partial charge on any atom is 0.118 e. The molecule has 1 aromatic carbocycles. The Morgan fingerprint density at radius 1 is 1.58 bits per heavy atom. The minimum atomic E-state index is 0.0743. The summed E-state index contributed by atoms with van der Waals surface area (Å²) in [5.41, 5.74) is 6.51. The van der Waals surface area contributed by atoms with Gasteiger partial charge in [0.2, 0.25) is 0 Å². The fourth-order valence-electron chi connectivity index (χ4n) is 1.06. The zero-order valence-corrected chi connectivity index (χ0v) is 8.51. The lowest BCUT2D eigenvalue weighted by Crippen LogP contribution is -2.17. The largest absolute Gasteiger partial charge is 0.508 e. The van der Waals surface area contributed by atoms with Crippen LogP contribution in [0.15, 0.2) is 22.7 Å². The number of hydrogen-bond acceptors (Lipinski definition) is 2. The van der Waals surface area contributed by atoms with Crippen LogP contribution in [0.3, 0.4) is 0 Å². The predicted molar refractivity (Wildman–Crippen MR) is 53.2 cm³/mol. The van der Waals surface area contributed by atoms with E-state index in [1.807, 2.05) is 13.0 Å². The summed E-state index contributed by atoms with van der Waals surface area (Å²) in [7, 11) is 0. The normalized spacial score (nSPS) is 12.9. The van der Waals surface area contributed by atoms with E-state index in [1.165, 1.54) is 0 Å². The molecule has 0 fully saturated rings. The molecule has 1 rings (SSSR count). The molecule has 0 heterocycles. The Bertz CT molecular complexity index is 273. The molecule has 12 heavy (non-hydrogen) atoms. The molecule has 0 aliphatic rings. The number of aromatic hydroxyl groups is 1. The Hall–Kier alpha value is -0.540. The van der Waals surface area contributed by atoms with E-state index >= 15 is 0 Å². The number of benzene rings is 1. The van der Waals surface area contributed by atoms with Gasteiger partial charge in [0.25, 0.3) is 0 Å². The van der Waals surface area contributed by atoms with E-state index < -0.39 is 0 Å². The van der Waals surface area contributed by atoms with Crippen molar-refractivity contribution in [2.24, 2.45) is 5.73 Å². The first kappa shape index (κ1) is 9.55. The summed E-state index contributed by atoms with van der Waals surface area (Å²) in [5.74, 6) is 0.315. The first-order valence-electron chi connectivity index (χ1n) is 3.82. The van der Waals surface area contributed by atoms with Gasteiger partial charge in [-0.05, 0) is 37.1 Å². The Morgan fingerprint density at radius 3 is 2.83 bits per heavy atom. The molecule has 3 N–H and O–H groups in total. The van der Waals surface area contributed by atoms with Crippen molar-refractivity contribution < 1.29 is 5.11 Å². The van der Waals surface area contributed by atoms with Crippen molar-refractivity contribution in [3.05, 3.63) is 28.2 Å². The van der Waals surface area contributed by atoms with E-state index in [-0.39, 0.29) is 6.04 Å². The summed E-state index contributed by atoms with van der Waals surface area (Å²) < 4.78 is 0.968. The lowest BCUT2D eigenvalue weighted by atomic mass is 10.1. The highest BCUT2D eigenvalue weighted by molar-refractivity contribution is 9.10. The van der Waals surface area contributed by atoms with Crippen LogP contribution in [-0.2, 0) is 6.42 Å². The number of halogens is 1. The van der Waals surface area contributed by atoms with E-state index in [9.17, 15) is 5.11 Å². The average Bonchev–Trinajstić information content (AvgIpc) is 1.96. The molecule has 0 saturated carbocycles. The van der Waals surface area contributed by atoms with Gasteiger partial charge in [-0.15, -0.1) is 0 Å². The van der Waals surface area contributed by atoms with Crippen molar-refractivity contribution in [2.75, 3.05) is 0 Å². The van der Waals surface area contributed by atoms with Gasteiger partial charge in [-0.2, -0.15) is 0 Å². The van der Waals surface area contributed by atoms with Crippen molar-refractivity contribution in [3.63, 3.8) is 0 Å². The van der Waals surface area contributed by atoms with E-state index in [1.54, 1.807) is 12.1 Å². The lowest BCUT2D eigenvalue weighted by molar-refractivity contribution is 0.465. The molecule has 0 aliphatic heterocycles. The minimum absolute atomic E-state index is 0.0743. The standard InChI is InChI=1S/C9H12BrNO/c1-6(11)4-7-5-8(10)2-3-9(7)12/h2-3,5-6,12H,4,11H2,1H3/t6-/m0/s1. The summed E-state index contributed by atoms with van der Waals surface area (Å²) >= 11 is 3.33. The topological polar surface area (TPSA) is 46.2 Å². The molecule has 0 radical (unpaired) electrons. The van der Waals surface area contributed by atoms with Crippen LogP contribution in [0.5, 0.6) is 5.75 Å². The monoisotopic (exact) mass is 229 g/mol. The quantitative estimate of drug-likeness (QED) is 0.816. The van der Waals surface area contributed by atoms with Crippen LogP contribution >= 0.6 is 15.9 Å². The number of rotatable bonds is 2. The van der Waals surface area contributed by atoms with E-state index in [0.717, 1.165) is 10.0 Å². The Balaban J connectivity index is 2.90. The maximum atomic E-state index is 9.41. The van der Waals surface area contributed by atoms with Gasteiger partial charge in [0.1, 0.15) is 5.75 Å². The second-order valence-electron chi connectivity index (χ2n) is 2.95. The first-order chi connectivity index (χ1) is 5.59. The van der Waals surface area contributed by atoms with Gasteiger partial charge in [-0.1, -0.05) is 15.9 Å². The highest BCUT2D eigenvalue weighted by atomic mass is 79.9. The number of nitrogens with two attached hydrogens (primary N) is 1. The van der Waals surface area contributed by atoms with Gasteiger partial charge in [0.05, 0.1) is 0 Å². The molecule has 0 spiro atoms. The molecule has 0 saturated heterocycles. The number of phenolic OH excluding ortho intramolecular Hbond substituents is 1. The molecule has 1 aromatic rings. The minimum Gasteiger partial charge on any atom is -0.508 e. The van der Waals surface area contributed by atoms with Crippen molar-refractivity contribution in [3.8, 4) is 5.75 Å². The smallest absolute Gasteiger partial charge is 0.118 e.